The van der Waals surface area contributed by atoms with Gasteiger partial charge in [0.05, 0.1) is 0 Å². The Kier molecular flexibility index (Phi) is 5.22. The molecule has 0 aliphatic carbocycles. The van der Waals surface area contributed by atoms with Gasteiger partial charge in [-0.1, -0.05) is 37.1 Å². The predicted molar refractivity (Wildman–Crippen MR) is 78.6 cm³/mol. The van der Waals surface area contributed by atoms with E-state index in [1.807, 2.05) is 24.3 Å². The first-order valence-electron chi connectivity index (χ1n) is 6.60. The molecule has 19 heavy (non-hydrogen) atoms. The molecular weight excluding hydrogens is 258 g/mol. The second kappa shape index (κ2) is 7.15. The predicted octanol–water partition coefficient (Wildman–Crippen LogP) is 4.66. The van der Waals surface area contributed by atoms with Crippen molar-refractivity contribution in [2.75, 3.05) is 0 Å². The molecule has 0 amide bonds. The van der Waals surface area contributed by atoms with Gasteiger partial charge in [-0.05, 0) is 48.2 Å². The first-order chi connectivity index (χ1) is 9.28. The largest absolute Gasteiger partial charge is 0.489 e. The molecule has 0 saturated heterocycles. The number of hydrogen-bond acceptors (Lipinski definition) is 2. The van der Waals surface area contributed by atoms with E-state index in [4.69, 9.17) is 16.3 Å². The standard InChI is InChI=1S/C16H18ClNO/c1-2-3-4-13-5-7-15(8-6-13)19-12-14-9-10-18-16(17)11-14/h5-11H,2-4,12H2,1H3. The number of pyridine rings is 1. The minimum atomic E-state index is 0.496. The number of unbranched alkanes of at least 4 members (excludes halogenated alkanes) is 1. The van der Waals surface area contributed by atoms with Gasteiger partial charge in [0.25, 0.3) is 0 Å². The SMILES string of the molecule is CCCCc1ccc(OCc2ccnc(Cl)c2)cc1. The number of hydrogen-bond donors (Lipinski definition) is 0. The lowest BCUT2D eigenvalue weighted by molar-refractivity contribution is 0.306. The molecule has 0 atom stereocenters. The van der Waals surface area contributed by atoms with E-state index < -0.39 is 0 Å². The highest BCUT2D eigenvalue weighted by atomic mass is 35.5. The van der Waals surface area contributed by atoms with Crippen LogP contribution in [0, 0.1) is 0 Å². The molecule has 2 nitrogen and oxygen atoms in total. The summed E-state index contributed by atoms with van der Waals surface area (Å²) in [7, 11) is 0. The molecule has 1 aromatic carbocycles. The fraction of sp³-hybridized carbons (Fsp3) is 0.312. The Morgan fingerprint density at radius 3 is 2.58 bits per heavy atom. The topological polar surface area (TPSA) is 22.1 Å². The highest BCUT2D eigenvalue weighted by Gasteiger charge is 1.98. The van der Waals surface area contributed by atoms with Gasteiger partial charge in [0.1, 0.15) is 17.5 Å². The molecule has 0 unspecified atom stereocenters. The maximum Gasteiger partial charge on any atom is 0.129 e. The van der Waals surface area contributed by atoms with Crippen molar-refractivity contribution in [2.45, 2.75) is 32.8 Å². The normalized spacial score (nSPS) is 10.4. The maximum atomic E-state index is 5.83. The van der Waals surface area contributed by atoms with Crippen LogP contribution < -0.4 is 4.74 Å². The molecule has 0 aliphatic heterocycles. The van der Waals surface area contributed by atoms with Crippen LogP contribution in [0.25, 0.3) is 0 Å². The summed E-state index contributed by atoms with van der Waals surface area (Å²) in [5, 5.41) is 0.496. The van der Waals surface area contributed by atoms with E-state index in [2.05, 4.69) is 24.0 Å². The van der Waals surface area contributed by atoms with Crippen LogP contribution in [0.3, 0.4) is 0 Å². The molecule has 0 aliphatic rings. The van der Waals surface area contributed by atoms with Gasteiger partial charge in [0.15, 0.2) is 0 Å². The Bertz CT molecular complexity index is 510. The van der Waals surface area contributed by atoms with Crippen molar-refractivity contribution in [3.05, 3.63) is 58.9 Å². The number of aryl methyl sites for hydroxylation is 1. The third-order valence-corrected chi connectivity index (χ3v) is 3.15. The zero-order chi connectivity index (χ0) is 13.5. The number of ether oxygens (including phenoxy) is 1. The molecule has 0 saturated carbocycles. The molecule has 1 aromatic heterocycles. The van der Waals surface area contributed by atoms with Crippen LogP contribution in [0.5, 0.6) is 5.75 Å². The van der Waals surface area contributed by atoms with Crippen molar-refractivity contribution >= 4 is 11.6 Å². The first kappa shape index (κ1) is 13.9. The van der Waals surface area contributed by atoms with E-state index in [-0.39, 0.29) is 0 Å². The summed E-state index contributed by atoms with van der Waals surface area (Å²) in [4.78, 5) is 3.94. The van der Waals surface area contributed by atoms with Crippen LogP contribution in [-0.2, 0) is 13.0 Å². The van der Waals surface area contributed by atoms with Gasteiger partial charge in [-0.15, -0.1) is 0 Å². The Hall–Kier alpha value is -1.54. The van der Waals surface area contributed by atoms with Gasteiger partial charge in [0.2, 0.25) is 0 Å². The zero-order valence-corrected chi connectivity index (χ0v) is 11.9. The molecular formula is C16H18ClNO. The zero-order valence-electron chi connectivity index (χ0n) is 11.1. The third-order valence-electron chi connectivity index (χ3n) is 2.94. The Morgan fingerprint density at radius 1 is 1.11 bits per heavy atom. The minimum Gasteiger partial charge on any atom is -0.489 e. The van der Waals surface area contributed by atoms with Gasteiger partial charge >= 0.3 is 0 Å². The second-order valence-electron chi connectivity index (χ2n) is 4.52. The number of halogens is 1. The second-order valence-corrected chi connectivity index (χ2v) is 4.91. The fourth-order valence-corrected chi connectivity index (χ4v) is 2.03. The third kappa shape index (κ3) is 4.56. The summed E-state index contributed by atoms with van der Waals surface area (Å²) in [6, 6.07) is 12.0. The van der Waals surface area contributed by atoms with Crippen molar-refractivity contribution in [3.8, 4) is 5.75 Å². The lowest BCUT2D eigenvalue weighted by Crippen LogP contribution is -1.96. The Balaban J connectivity index is 1.89. The molecule has 0 radical (unpaired) electrons. The van der Waals surface area contributed by atoms with Gasteiger partial charge in [-0.25, -0.2) is 4.98 Å². The van der Waals surface area contributed by atoms with Crippen molar-refractivity contribution in [2.24, 2.45) is 0 Å². The molecule has 0 bridgehead atoms. The van der Waals surface area contributed by atoms with E-state index in [0.29, 0.717) is 11.8 Å². The van der Waals surface area contributed by atoms with E-state index in [1.54, 1.807) is 6.20 Å². The van der Waals surface area contributed by atoms with Gasteiger partial charge < -0.3 is 4.74 Å². The Labute approximate surface area is 119 Å². The minimum absolute atomic E-state index is 0.496. The molecule has 2 rings (SSSR count). The number of rotatable bonds is 6. The average Bonchev–Trinajstić information content (AvgIpc) is 2.44. The molecule has 0 spiro atoms. The molecule has 3 heteroatoms. The molecule has 0 N–H and O–H groups in total. The monoisotopic (exact) mass is 275 g/mol. The van der Waals surface area contributed by atoms with E-state index in [0.717, 1.165) is 17.7 Å². The van der Waals surface area contributed by atoms with Crippen LogP contribution in [0.4, 0.5) is 0 Å². The fourth-order valence-electron chi connectivity index (χ4n) is 1.83. The van der Waals surface area contributed by atoms with Gasteiger partial charge in [0, 0.05) is 6.20 Å². The molecule has 1 heterocycles. The van der Waals surface area contributed by atoms with Crippen molar-refractivity contribution < 1.29 is 4.74 Å². The van der Waals surface area contributed by atoms with E-state index >= 15 is 0 Å². The van der Waals surface area contributed by atoms with Crippen LogP contribution in [0.2, 0.25) is 5.15 Å². The quantitative estimate of drug-likeness (QED) is 0.716. The average molecular weight is 276 g/mol. The Morgan fingerprint density at radius 2 is 1.89 bits per heavy atom. The number of benzene rings is 1. The van der Waals surface area contributed by atoms with Crippen molar-refractivity contribution in [1.29, 1.82) is 0 Å². The summed E-state index contributed by atoms with van der Waals surface area (Å²) < 4.78 is 5.72. The number of aromatic nitrogens is 1. The summed E-state index contributed by atoms with van der Waals surface area (Å²) in [5.74, 6) is 0.883. The molecule has 0 fully saturated rings. The lowest BCUT2D eigenvalue weighted by atomic mass is 10.1. The summed E-state index contributed by atoms with van der Waals surface area (Å²) in [6.45, 7) is 2.72. The van der Waals surface area contributed by atoms with Crippen molar-refractivity contribution in [3.63, 3.8) is 0 Å². The summed E-state index contributed by atoms with van der Waals surface area (Å²) >= 11 is 5.83. The summed E-state index contributed by atoms with van der Waals surface area (Å²) in [5.41, 5.74) is 2.39. The van der Waals surface area contributed by atoms with Crippen LogP contribution in [-0.4, -0.2) is 4.98 Å². The molecule has 100 valence electrons. The van der Waals surface area contributed by atoms with Crippen LogP contribution >= 0.6 is 11.6 Å². The highest BCUT2D eigenvalue weighted by Crippen LogP contribution is 2.16. The van der Waals surface area contributed by atoms with Gasteiger partial charge in [-0.2, -0.15) is 0 Å². The van der Waals surface area contributed by atoms with Gasteiger partial charge in [-0.3, -0.25) is 0 Å². The lowest BCUT2D eigenvalue weighted by Gasteiger charge is -2.07. The molecule has 2 aromatic rings. The smallest absolute Gasteiger partial charge is 0.129 e. The van der Waals surface area contributed by atoms with E-state index in [1.165, 1.54) is 18.4 Å². The number of nitrogens with zero attached hydrogens (tertiary/aromatic N) is 1. The summed E-state index contributed by atoms with van der Waals surface area (Å²) in [6.07, 6.45) is 5.28. The maximum absolute atomic E-state index is 5.83. The van der Waals surface area contributed by atoms with Crippen LogP contribution in [0.15, 0.2) is 42.6 Å². The van der Waals surface area contributed by atoms with E-state index in [9.17, 15) is 0 Å². The van der Waals surface area contributed by atoms with Crippen molar-refractivity contribution in [1.82, 2.24) is 4.98 Å². The van der Waals surface area contributed by atoms with Crippen LogP contribution in [0.1, 0.15) is 30.9 Å². The highest BCUT2D eigenvalue weighted by molar-refractivity contribution is 6.29. The first-order valence-corrected chi connectivity index (χ1v) is 6.98.